The predicted molar refractivity (Wildman–Crippen MR) is 70.3 cm³/mol. The molecule has 4 heteroatoms. The fraction of sp³-hybridized carbons (Fsp3) is 0.143. The lowest BCUT2D eigenvalue weighted by Gasteiger charge is -2.15. The van der Waals surface area contributed by atoms with Crippen LogP contribution >= 0.6 is 23.2 Å². The zero-order valence-corrected chi connectivity index (χ0v) is 11.1. The minimum atomic E-state index is -0.447. The summed E-state index contributed by atoms with van der Waals surface area (Å²) in [7, 11) is 0. The van der Waals surface area contributed by atoms with E-state index in [1.807, 2.05) is 0 Å². The van der Waals surface area contributed by atoms with E-state index in [0.717, 1.165) is 0 Å². The first-order valence-electron chi connectivity index (χ1n) is 5.39. The van der Waals surface area contributed by atoms with E-state index in [4.69, 9.17) is 23.2 Å². The summed E-state index contributed by atoms with van der Waals surface area (Å²) in [4.78, 5) is 0. The summed E-state index contributed by atoms with van der Waals surface area (Å²) in [5, 5.41) is 0.604. The average molecular weight is 287 g/mol. The van der Waals surface area contributed by atoms with Crippen LogP contribution < -0.4 is 0 Å². The molecule has 2 rings (SSSR count). The van der Waals surface area contributed by atoms with Gasteiger partial charge in [-0.1, -0.05) is 36.2 Å². The monoisotopic (exact) mass is 286 g/mol. The first kappa shape index (κ1) is 13.3. The van der Waals surface area contributed by atoms with Gasteiger partial charge in [0.1, 0.15) is 11.6 Å². The van der Waals surface area contributed by atoms with Crippen molar-refractivity contribution < 1.29 is 8.78 Å². The molecular weight excluding hydrogens is 277 g/mol. The highest BCUT2D eigenvalue weighted by Gasteiger charge is 2.17. The van der Waals surface area contributed by atoms with Crippen LogP contribution in [0.15, 0.2) is 36.4 Å². The van der Waals surface area contributed by atoms with Gasteiger partial charge in [0.2, 0.25) is 0 Å². The highest BCUT2D eigenvalue weighted by molar-refractivity contribution is 6.31. The second-order valence-electron chi connectivity index (χ2n) is 4.06. The molecule has 2 aromatic carbocycles. The lowest BCUT2D eigenvalue weighted by Crippen LogP contribution is -2.01. The molecule has 0 nitrogen and oxygen atoms in total. The Morgan fingerprint density at radius 2 is 1.78 bits per heavy atom. The molecule has 0 aliphatic rings. The minimum absolute atomic E-state index is 0.282. The van der Waals surface area contributed by atoms with Gasteiger partial charge in [-0.25, -0.2) is 8.78 Å². The molecule has 1 unspecified atom stereocenters. The number of halogens is 4. The van der Waals surface area contributed by atoms with Gasteiger partial charge >= 0.3 is 0 Å². The van der Waals surface area contributed by atoms with Crippen LogP contribution in [0, 0.1) is 11.6 Å². The van der Waals surface area contributed by atoms with E-state index >= 15 is 0 Å². The Labute approximate surface area is 114 Å². The van der Waals surface area contributed by atoms with Crippen LogP contribution in [-0.4, -0.2) is 0 Å². The molecule has 0 aliphatic carbocycles. The molecule has 0 amide bonds. The Bertz CT molecular complexity index is 542. The van der Waals surface area contributed by atoms with Crippen molar-refractivity contribution in [2.75, 3.05) is 0 Å². The third-order valence-electron chi connectivity index (χ3n) is 2.82. The van der Waals surface area contributed by atoms with Crippen molar-refractivity contribution in [1.29, 1.82) is 0 Å². The molecule has 94 valence electrons. The first-order chi connectivity index (χ1) is 8.49. The Morgan fingerprint density at radius 3 is 2.39 bits per heavy atom. The van der Waals surface area contributed by atoms with Crippen LogP contribution in [0.2, 0.25) is 10.0 Å². The summed E-state index contributed by atoms with van der Waals surface area (Å²) in [6.07, 6.45) is 0. The molecule has 0 N–H and O–H groups in total. The zero-order chi connectivity index (χ0) is 13.3. The lowest BCUT2D eigenvalue weighted by molar-refractivity contribution is 0.599. The molecule has 0 aliphatic heterocycles. The van der Waals surface area contributed by atoms with Crippen molar-refractivity contribution >= 4 is 23.2 Å². The lowest BCUT2D eigenvalue weighted by atomic mass is 9.92. The van der Waals surface area contributed by atoms with Crippen LogP contribution in [0.1, 0.15) is 24.0 Å². The smallest absolute Gasteiger partial charge is 0.128 e. The summed E-state index contributed by atoms with van der Waals surface area (Å²) in [5.74, 6) is -1.22. The maximum atomic E-state index is 13.8. The van der Waals surface area contributed by atoms with Gasteiger partial charge in [-0.15, -0.1) is 0 Å². The fourth-order valence-corrected chi connectivity index (χ4v) is 2.47. The fourth-order valence-electron chi connectivity index (χ4n) is 1.92. The van der Waals surface area contributed by atoms with Crippen LogP contribution in [0.25, 0.3) is 0 Å². The SMILES string of the molecule is CC(c1cc(F)cc(Cl)c1)c1c(F)cccc1Cl. The van der Waals surface area contributed by atoms with Crippen LogP contribution in [0.4, 0.5) is 8.78 Å². The topological polar surface area (TPSA) is 0 Å². The van der Waals surface area contributed by atoms with Gasteiger partial charge in [-0.2, -0.15) is 0 Å². The van der Waals surface area contributed by atoms with Crippen LogP contribution in [-0.2, 0) is 0 Å². The molecule has 18 heavy (non-hydrogen) atoms. The molecule has 0 saturated carbocycles. The molecule has 0 heterocycles. The molecule has 0 bridgehead atoms. The van der Waals surface area contributed by atoms with E-state index in [9.17, 15) is 8.78 Å². The normalized spacial score (nSPS) is 12.5. The standard InChI is InChI=1S/C14H10Cl2F2/c1-8(9-5-10(15)7-11(17)6-9)14-12(16)3-2-4-13(14)18/h2-8H,1H3. The predicted octanol–water partition coefficient (Wildman–Crippen LogP) is 5.42. The van der Waals surface area contributed by atoms with Gasteiger partial charge < -0.3 is 0 Å². The molecular formula is C14H10Cl2F2. The Morgan fingerprint density at radius 1 is 1.06 bits per heavy atom. The summed E-state index contributed by atoms with van der Waals surface area (Å²) >= 11 is 11.8. The summed E-state index contributed by atoms with van der Waals surface area (Å²) in [6, 6.07) is 8.63. The third-order valence-corrected chi connectivity index (χ3v) is 3.37. The largest absolute Gasteiger partial charge is 0.207 e. The molecule has 0 saturated heterocycles. The summed E-state index contributed by atoms with van der Waals surface area (Å²) in [5.41, 5.74) is 0.938. The van der Waals surface area contributed by atoms with E-state index in [1.165, 1.54) is 24.3 Å². The van der Waals surface area contributed by atoms with E-state index in [-0.39, 0.29) is 10.9 Å². The van der Waals surface area contributed by atoms with E-state index < -0.39 is 11.6 Å². The van der Waals surface area contributed by atoms with Crippen LogP contribution in [0.3, 0.4) is 0 Å². The van der Waals surface area contributed by atoms with Crippen molar-refractivity contribution in [3.63, 3.8) is 0 Å². The summed E-state index contributed by atoms with van der Waals surface area (Å²) in [6.45, 7) is 1.76. The first-order valence-corrected chi connectivity index (χ1v) is 6.14. The molecule has 0 aromatic heterocycles. The van der Waals surface area contributed by atoms with Gasteiger partial charge in [0, 0.05) is 21.5 Å². The molecule has 0 spiro atoms. The van der Waals surface area contributed by atoms with Crippen molar-refractivity contribution in [2.24, 2.45) is 0 Å². The molecule has 0 fully saturated rings. The summed E-state index contributed by atoms with van der Waals surface area (Å²) < 4.78 is 27.1. The number of hydrogen-bond acceptors (Lipinski definition) is 0. The highest BCUT2D eigenvalue weighted by Crippen LogP contribution is 2.33. The molecule has 0 radical (unpaired) electrons. The van der Waals surface area contributed by atoms with Crippen molar-refractivity contribution in [3.05, 3.63) is 69.2 Å². The number of hydrogen-bond donors (Lipinski definition) is 0. The van der Waals surface area contributed by atoms with Gasteiger partial charge in [0.15, 0.2) is 0 Å². The quantitative estimate of drug-likeness (QED) is 0.691. The van der Waals surface area contributed by atoms with Gasteiger partial charge in [0.05, 0.1) is 0 Å². The Balaban J connectivity index is 2.51. The maximum absolute atomic E-state index is 13.8. The third kappa shape index (κ3) is 2.65. The highest BCUT2D eigenvalue weighted by atomic mass is 35.5. The minimum Gasteiger partial charge on any atom is -0.207 e. The Hall–Kier alpha value is -1.12. The second-order valence-corrected chi connectivity index (χ2v) is 4.90. The van der Waals surface area contributed by atoms with Gasteiger partial charge in [-0.05, 0) is 35.9 Å². The van der Waals surface area contributed by atoms with Crippen molar-refractivity contribution in [3.8, 4) is 0 Å². The van der Waals surface area contributed by atoms with Crippen LogP contribution in [0.5, 0.6) is 0 Å². The number of benzene rings is 2. The van der Waals surface area contributed by atoms with E-state index in [2.05, 4.69) is 0 Å². The Kier molecular flexibility index (Phi) is 3.88. The van der Waals surface area contributed by atoms with Crippen molar-refractivity contribution in [2.45, 2.75) is 12.8 Å². The number of rotatable bonds is 2. The second kappa shape index (κ2) is 5.25. The zero-order valence-electron chi connectivity index (χ0n) is 9.55. The van der Waals surface area contributed by atoms with E-state index in [1.54, 1.807) is 19.1 Å². The van der Waals surface area contributed by atoms with Gasteiger partial charge in [0.25, 0.3) is 0 Å². The van der Waals surface area contributed by atoms with Gasteiger partial charge in [-0.3, -0.25) is 0 Å². The van der Waals surface area contributed by atoms with Crippen molar-refractivity contribution in [1.82, 2.24) is 0 Å². The van der Waals surface area contributed by atoms with E-state index in [0.29, 0.717) is 16.1 Å². The maximum Gasteiger partial charge on any atom is 0.128 e. The molecule has 2 aromatic rings. The molecule has 1 atom stereocenters. The average Bonchev–Trinajstić information content (AvgIpc) is 2.27.